The van der Waals surface area contributed by atoms with Gasteiger partial charge in [-0.1, -0.05) is 88.4 Å². The minimum absolute atomic E-state index is 0. The van der Waals surface area contributed by atoms with Crippen molar-refractivity contribution in [1.29, 1.82) is 0 Å². The molecule has 0 spiro atoms. The molecular formula is C28H44ClNO2. The Morgan fingerprint density at radius 3 is 1.75 bits per heavy atom. The summed E-state index contributed by atoms with van der Waals surface area (Å²) in [6, 6.07) is 21.4. The molecule has 4 heteroatoms. The molecule has 0 aromatic heterocycles. The van der Waals surface area contributed by atoms with Crippen LogP contribution in [0.25, 0.3) is 0 Å². The average molecular weight is 462 g/mol. The van der Waals surface area contributed by atoms with Gasteiger partial charge in [0.05, 0.1) is 40.5 Å². The van der Waals surface area contributed by atoms with Crippen LogP contribution in [0.15, 0.2) is 60.7 Å². The van der Waals surface area contributed by atoms with Crippen molar-refractivity contribution < 1.29 is 26.4 Å². The van der Waals surface area contributed by atoms with E-state index in [1.807, 2.05) is 18.2 Å². The van der Waals surface area contributed by atoms with E-state index in [-0.39, 0.29) is 17.9 Å². The van der Waals surface area contributed by atoms with E-state index in [1.54, 1.807) is 0 Å². The molecule has 0 aliphatic rings. The van der Waals surface area contributed by atoms with Gasteiger partial charge in [-0.05, 0) is 17.4 Å². The summed E-state index contributed by atoms with van der Waals surface area (Å²) >= 11 is 0. The predicted molar refractivity (Wildman–Crippen MR) is 131 cm³/mol. The first-order valence-corrected chi connectivity index (χ1v) is 11.8. The lowest BCUT2D eigenvalue weighted by atomic mass is 9.74. The first-order chi connectivity index (χ1) is 14.8. The Labute approximate surface area is 203 Å². The Bertz CT molecular complexity index is 722. The highest BCUT2D eigenvalue weighted by Gasteiger charge is 2.47. The van der Waals surface area contributed by atoms with E-state index >= 15 is 0 Å². The van der Waals surface area contributed by atoms with E-state index in [9.17, 15) is 0 Å². The van der Waals surface area contributed by atoms with Crippen LogP contribution in [0, 0.1) is 11.8 Å². The van der Waals surface area contributed by atoms with E-state index in [0.29, 0.717) is 31.7 Å². The van der Waals surface area contributed by atoms with Crippen molar-refractivity contribution >= 4 is 0 Å². The monoisotopic (exact) mass is 461 g/mol. The molecule has 0 aliphatic carbocycles. The van der Waals surface area contributed by atoms with Gasteiger partial charge in [0.25, 0.3) is 0 Å². The highest BCUT2D eigenvalue weighted by Crippen LogP contribution is 2.43. The second-order valence-corrected chi connectivity index (χ2v) is 10.2. The Hall–Kier alpha value is -1.39. The maximum absolute atomic E-state index is 6.01. The zero-order valence-corrected chi connectivity index (χ0v) is 21.8. The Kier molecular flexibility index (Phi) is 12.5. The zero-order valence-electron chi connectivity index (χ0n) is 21.0. The molecule has 0 radical (unpaired) electrons. The Morgan fingerprint density at radius 1 is 0.719 bits per heavy atom. The van der Waals surface area contributed by atoms with Gasteiger partial charge in [0.2, 0.25) is 0 Å². The van der Waals surface area contributed by atoms with Crippen molar-refractivity contribution in [2.45, 2.75) is 52.7 Å². The lowest BCUT2D eigenvalue weighted by Gasteiger charge is -2.51. The van der Waals surface area contributed by atoms with Crippen LogP contribution in [-0.4, -0.2) is 44.9 Å². The van der Waals surface area contributed by atoms with Crippen LogP contribution >= 0.6 is 0 Å². The Morgan fingerprint density at radius 2 is 1.22 bits per heavy atom. The molecule has 0 saturated heterocycles. The van der Waals surface area contributed by atoms with Crippen molar-refractivity contribution in [3.63, 3.8) is 0 Å². The summed E-state index contributed by atoms with van der Waals surface area (Å²) in [6.45, 7) is 13.0. The standard InChI is InChI=1S/C28H44NO2.ClH/c1-24(2)21-28(22-25(3)4,27-15-11-8-12-16-27)29(5,6)17-18-30-19-20-31-23-26-13-9-7-10-14-26;/h7-16,24-25H,17-23H2,1-6H3;1H/q+1;/p-1. The van der Waals surface area contributed by atoms with Gasteiger partial charge in [0, 0.05) is 18.4 Å². The summed E-state index contributed by atoms with van der Waals surface area (Å²) in [5, 5.41) is 0. The fourth-order valence-corrected chi connectivity index (χ4v) is 4.75. The van der Waals surface area contributed by atoms with Crippen LogP contribution in [0.5, 0.6) is 0 Å². The normalized spacial score (nSPS) is 12.2. The van der Waals surface area contributed by atoms with Crippen LogP contribution in [-0.2, 0) is 21.6 Å². The number of nitrogens with zero attached hydrogens (tertiary/aromatic N) is 1. The third-order valence-electron chi connectivity index (χ3n) is 6.24. The van der Waals surface area contributed by atoms with E-state index in [1.165, 1.54) is 24.0 Å². The molecule has 0 unspecified atom stereocenters. The first-order valence-electron chi connectivity index (χ1n) is 11.8. The smallest absolute Gasteiger partial charge is 0.125 e. The SMILES string of the molecule is CC(C)CC(CC(C)C)(c1ccccc1)[N+](C)(C)CCOCCOCc1ccccc1.[Cl-]. The highest BCUT2D eigenvalue weighted by molar-refractivity contribution is 5.23. The number of halogens is 1. The van der Waals surface area contributed by atoms with Gasteiger partial charge in [-0.3, -0.25) is 0 Å². The van der Waals surface area contributed by atoms with Crippen LogP contribution < -0.4 is 12.4 Å². The topological polar surface area (TPSA) is 18.5 Å². The average Bonchev–Trinajstić information content (AvgIpc) is 2.73. The van der Waals surface area contributed by atoms with Crippen LogP contribution in [0.4, 0.5) is 0 Å². The van der Waals surface area contributed by atoms with Crippen LogP contribution in [0.3, 0.4) is 0 Å². The molecule has 32 heavy (non-hydrogen) atoms. The van der Waals surface area contributed by atoms with E-state index < -0.39 is 0 Å². The maximum atomic E-state index is 6.01. The maximum Gasteiger partial charge on any atom is 0.125 e. The molecule has 2 rings (SSSR count). The summed E-state index contributed by atoms with van der Waals surface area (Å²) in [6.07, 6.45) is 2.34. The van der Waals surface area contributed by atoms with Crippen LogP contribution in [0.2, 0.25) is 0 Å². The molecule has 0 bridgehead atoms. The zero-order chi connectivity index (χ0) is 22.7. The molecule has 2 aromatic carbocycles. The molecule has 0 saturated carbocycles. The predicted octanol–water partition coefficient (Wildman–Crippen LogP) is 3.29. The molecule has 2 aromatic rings. The molecule has 180 valence electrons. The van der Waals surface area contributed by atoms with Crippen molar-refractivity contribution in [3.05, 3.63) is 71.8 Å². The number of likely N-dealkylation sites (N-methyl/N-ethyl adjacent to an activating group) is 1. The van der Waals surface area contributed by atoms with Crippen molar-refractivity contribution in [2.75, 3.05) is 40.5 Å². The number of hydrogen-bond acceptors (Lipinski definition) is 2. The molecule has 0 N–H and O–H groups in total. The lowest BCUT2D eigenvalue weighted by Crippen LogP contribution is -3.00. The van der Waals surface area contributed by atoms with E-state index in [4.69, 9.17) is 9.47 Å². The second-order valence-electron chi connectivity index (χ2n) is 10.2. The van der Waals surface area contributed by atoms with Crippen molar-refractivity contribution in [2.24, 2.45) is 11.8 Å². The third-order valence-corrected chi connectivity index (χ3v) is 6.24. The lowest BCUT2D eigenvalue weighted by molar-refractivity contribution is -0.952. The van der Waals surface area contributed by atoms with Gasteiger partial charge < -0.3 is 26.4 Å². The summed E-state index contributed by atoms with van der Waals surface area (Å²) in [5.41, 5.74) is 2.74. The Balaban J connectivity index is 0.00000512. The fourth-order valence-electron chi connectivity index (χ4n) is 4.75. The van der Waals surface area contributed by atoms with E-state index in [2.05, 4.69) is 84.3 Å². The van der Waals surface area contributed by atoms with Gasteiger partial charge in [0.15, 0.2) is 0 Å². The molecule has 0 heterocycles. The summed E-state index contributed by atoms with van der Waals surface area (Å²) in [7, 11) is 4.76. The first kappa shape index (κ1) is 28.6. The molecule has 3 nitrogen and oxygen atoms in total. The number of benzene rings is 2. The van der Waals surface area contributed by atoms with Gasteiger partial charge in [-0.25, -0.2) is 0 Å². The van der Waals surface area contributed by atoms with Crippen molar-refractivity contribution in [3.8, 4) is 0 Å². The number of quaternary nitrogens is 1. The van der Waals surface area contributed by atoms with Gasteiger partial charge in [0.1, 0.15) is 12.1 Å². The summed E-state index contributed by atoms with van der Waals surface area (Å²) < 4.78 is 12.7. The molecule has 0 atom stereocenters. The highest BCUT2D eigenvalue weighted by atomic mass is 35.5. The van der Waals surface area contributed by atoms with Crippen LogP contribution in [0.1, 0.15) is 51.7 Å². The van der Waals surface area contributed by atoms with Gasteiger partial charge in [-0.15, -0.1) is 0 Å². The molecule has 0 aliphatic heterocycles. The number of hydrogen-bond donors (Lipinski definition) is 0. The number of rotatable bonds is 14. The van der Waals surface area contributed by atoms with Gasteiger partial charge in [-0.2, -0.15) is 0 Å². The van der Waals surface area contributed by atoms with Crippen molar-refractivity contribution in [1.82, 2.24) is 0 Å². The van der Waals surface area contributed by atoms with Gasteiger partial charge >= 0.3 is 0 Å². The molecule has 0 fully saturated rings. The third kappa shape index (κ3) is 8.51. The minimum atomic E-state index is 0. The summed E-state index contributed by atoms with van der Waals surface area (Å²) in [5.74, 6) is 1.26. The summed E-state index contributed by atoms with van der Waals surface area (Å²) in [4.78, 5) is 0. The minimum Gasteiger partial charge on any atom is -1.00 e. The molecule has 0 amide bonds. The fraction of sp³-hybridized carbons (Fsp3) is 0.571. The molecular weight excluding hydrogens is 418 g/mol. The van der Waals surface area contributed by atoms with E-state index in [0.717, 1.165) is 17.6 Å². The quantitative estimate of drug-likeness (QED) is 0.317. The number of ether oxygens (including phenoxy) is 2. The second kappa shape index (κ2) is 14.0. The largest absolute Gasteiger partial charge is 1.00 e.